The van der Waals surface area contributed by atoms with Crippen molar-refractivity contribution < 1.29 is 4.79 Å². The number of fused-ring (bicyclic) bond motifs is 1. The lowest BCUT2D eigenvalue weighted by Gasteiger charge is -2.17. The molecule has 158 valence electrons. The van der Waals surface area contributed by atoms with Crippen molar-refractivity contribution in [2.45, 2.75) is 44.8 Å². The number of carbonyl (C=O) groups excluding carboxylic acids is 1. The maximum atomic E-state index is 12.3. The van der Waals surface area contributed by atoms with Crippen molar-refractivity contribution in [2.24, 2.45) is 0 Å². The average molecular weight is 425 g/mol. The molecule has 2 aromatic heterocycles. The van der Waals surface area contributed by atoms with E-state index in [-0.39, 0.29) is 5.91 Å². The first kappa shape index (κ1) is 20.7. The van der Waals surface area contributed by atoms with E-state index in [1.807, 2.05) is 42.1 Å². The Morgan fingerprint density at radius 2 is 2.07 bits per heavy atom. The standard InChI is InChI=1S/C22H28N6OS/c1-3-30-22-25-20(27-10-4-5-11-27)18-15-24-28(21(18)26-22)12-9-23-19(29)14-17-8-6-7-16(2)13-17/h6-8,13,15H,3-5,9-12,14H2,1-2H3,(H,23,29). The Morgan fingerprint density at radius 3 is 2.83 bits per heavy atom. The third-order valence-electron chi connectivity index (χ3n) is 5.23. The van der Waals surface area contributed by atoms with Gasteiger partial charge in [-0.05, 0) is 31.1 Å². The molecule has 4 rings (SSSR count). The molecule has 1 amide bonds. The zero-order valence-corrected chi connectivity index (χ0v) is 18.4. The van der Waals surface area contributed by atoms with E-state index < -0.39 is 0 Å². The van der Waals surface area contributed by atoms with Crippen molar-refractivity contribution >= 4 is 34.5 Å². The number of benzene rings is 1. The maximum Gasteiger partial charge on any atom is 0.224 e. The molecule has 30 heavy (non-hydrogen) atoms. The highest BCUT2D eigenvalue weighted by Gasteiger charge is 2.20. The van der Waals surface area contributed by atoms with E-state index in [1.165, 1.54) is 12.8 Å². The first-order valence-corrected chi connectivity index (χ1v) is 11.6. The van der Waals surface area contributed by atoms with Crippen LogP contribution in [-0.2, 0) is 17.8 Å². The molecule has 1 saturated heterocycles. The Hall–Kier alpha value is -2.61. The lowest BCUT2D eigenvalue weighted by molar-refractivity contribution is -0.120. The second kappa shape index (κ2) is 9.47. The molecule has 1 fully saturated rings. The molecule has 0 radical (unpaired) electrons. The number of carbonyl (C=O) groups is 1. The van der Waals surface area contributed by atoms with Crippen LogP contribution in [0.5, 0.6) is 0 Å². The molecule has 0 aliphatic carbocycles. The third-order valence-corrected chi connectivity index (χ3v) is 5.96. The number of thioether (sulfide) groups is 1. The molecule has 1 aliphatic rings. The zero-order valence-electron chi connectivity index (χ0n) is 17.6. The van der Waals surface area contributed by atoms with Gasteiger partial charge in [-0.15, -0.1) is 0 Å². The monoisotopic (exact) mass is 424 g/mol. The summed E-state index contributed by atoms with van der Waals surface area (Å²) in [6, 6.07) is 8.05. The SMILES string of the molecule is CCSc1nc(N2CCCC2)c2cnn(CCNC(=O)Cc3cccc(C)c3)c2n1. The minimum Gasteiger partial charge on any atom is -0.356 e. The molecule has 1 aliphatic heterocycles. The van der Waals surface area contributed by atoms with Crippen molar-refractivity contribution in [1.82, 2.24) is 25.1 Å². The van der Waals surface area contributed by atoms with E-state index in [4.69, 9.17) is 9.97 Å². The van der Waals surface area contributed by atoms with Crippen molar-refractivity contribution in [1.29, 1.82) is 0 Å². The maximum absolute atomic E-state index is 12.3. The topological polar surface area (TPSA) is 75.9 Å². The van der Waals surface area contributed by atoms with Crippen molar-refractivity contribution in [3.8, 4) is 0 Å². The second-order valence-corrected chi connectivity index (χ2v) is 8.81. The van der Waals surface area contributed by atoms with E-state index in [2.05, 4.69) is 22.2 Å². The van der Waals surface area contributed by atoms with Gasteiger partial charge in [-0.2, -0.15) is 5.10 Å². The zero-order chi connectivity index (χ0) is 20.9. The number of hydrogen-bond acceptors (Lipinski definition) is 6. The molecule has 7 nitrogen and oxygen atoms in total. The van der Waals surface area contributed by atoms with Gasteiger partial charge in [-0.3, -0.25) is 4.79 Å². The summed E-state index contributed by atoms with van der Waals surface area (Å²) in [5.41, 5.74) is 3.04. The number of aryl methyl sites for hydroxylation is 1. The minimum atomic E-state index is 0.0201. The van der Waals surface area contributed by atoms with Crippen LogP contribution in [0.2, 0.25) is 0 Å². The Balaban J connectivity index is 1.45. The molecule has 0 bridgehead atoms. The van der Waals surface area contributed by atoms with Gasteiger partial charge < -0.3 is 10.2 Å². The van der Waals surface area contributed by atoms with Crippen LogP contribution < -0.4 is 10.2 Å². The number of hydrogen-bond donors (Lipinski definition) is 1. The van der Waals surface area contributed by atoms with E-state index in [0.717, 1.165) is 52.0 Å². The van der Waals surface area contributed by atoms with Crippen molar-refractivity contribution in [3.05, 3.63) is 41.6 Å². The summed E-state index contributed by atoms with van der Waals surface area (Å²) in [5, 5.41) is 9.33. The summed E-state index contributed by atoms with van der Waals surface area (Å²) < 4.78 is 1.88. The highest BCUT2D eigenvalue weighted by molar-refractivity contribution is 7.99. The quantitative estimate of drug-likeness (QED) is 0.442. The van der Waals surface area contributed by atoms with Gasteiger partial charge in [0.1, 0.15) is 5.82 Å². The van der Waals surface area contributed by atoms with Gasteiger partial charge in [0.25, 0.3) is 0 Å². The van der Waals surface area contributed by atoms with Crippen LogP contribution in [0, 0.1) is 6.92 Å². The Bertz CT molecular complexity index is 1030. The summed E-state index contributed by atoms with van der Waals surface area (Å²) in [4.78, 5) is 24.2. The fourth-order valence-corrected chi connectivity index (χ4v) is 4.38. The number of nitrogens with zero attached hydrogens (tertiary/aromatic N) is 5. The van der Waals surface area contributed by atoms with Gasteiger partial charge in [0.15, 0.2) is 10.8 Å². The highest BCUT2D eigenvalue weighted by Crippen LogP contribution is 2.29. The van der Waals surface area contributed by atoms with Gasteiger partial charge in [0.2, 0.25) is 5.91 Å². The molecule has 3 heterocycles. The lowest BCUT2D eigenvalue weighted by Crippen LogP contribution is -2.29. The van der Waals surface area contributed by atoms with E-state index in [1.54, 1.807) is 11.8 Å². The third kappa shape index (κ3) is 4.75. The first-order chi connectivity index (χ1) is 14.6. The Morgan fingerprint density at radius 1 is 1.23 bits per heavy atom. The number of nitrogens with one attached hydrogen (secondary N) is 1. The van der Waals surface area contributed by atoms with Crippen LogP contribution in [-0.4, -0.2) is 51.0 Å². The van der Waals surface area contributed by atoms with Gasteiger partial charge in [-0.25, -0.2) is 14.6 Å². The fraction of sp³-hybridized carbons (Fsp3) is 0.455. The lowest BCUT2D eigenvalue weighted by atomic mass is 10.1. The van der Waals surface area contributed by atoms with Crippen molar-refractivity contribution in [3.63, 3.8) is 0 Å². The molecule has 0 atom stereocenters. The molecule has 0 saturated carbocycles. The average Bonchev–Trinajstić information content (AvgIpc) is 3.38. The van der Waals surface area contributed by atoms with Crippen LogP contribution in [0.25, 0.3) is 11.0 Å². The highest BCUT2D eigenvalue weighted by atomic mass is 32.2. The smallest absolute Gasteiger partial charge is 0.224 e. The fourth-order valence-electron chi connectivity index (χ4n) is 3.82. The van der Waals surface area contributed by atoms with Gasteiger partial charge in [-0.1, -0.05) is 48.5 Å². The second-order valence-electron chi connectivity index (χ2n) is 7.58. The van der Waals surface area contributed by atoms with E-state index in [9.17, 15) is 4.79 Å². The number of anilines is 1. The Kier molecular flexibility index (Phi) is 6.52. The normalized spacial score (nSPS) is 13.9. The molecular weight excluding hydrogens is 396 g/mol. The molecule has 3 aromatic rings. The number of rotatable bonds is 8. The van der Waals surface area contributed by atoms with Gasteiger partial charge in [0, 0.05) is 19.6 Å². The van der Waals surface area contributed by atoms with Crippen LogP contribution in [0.15, 0.2) is 35.6 Å². The number of amides is 1. The van der Waals surface area contributed by atoms with Crippen LogP contribution in [0.4, 0.5) is 5.82 Å². The Labute approximate surface area is 181 Å². The molecule has 8 heteroatoms. The summed E-state index contributed by atoms with van der Waals surface area (Å²) in [7, 11) is 0. The first-order valence-electron chi connectivity index (χ1n) is 10.6. The van der Waals surface area contributed by atoms with Crippen LogP contribution >= 0.6 is 11.8 Å². The summed E-state index contributed by atoms with van der Waals surface area (Å²) in [5.74, 6) is 1.93. The molecule has 0 spiro atoms. The molecular formula is C22H28N6OS. The molecule has 1 aromatic carbocycles. The molecule has 0 unspecified atom stereocenters. The summed E-state index contributed by atoms with van der Waals surface area (Å²) in [6.45, 7) is 7.30. The van der Waals surface area contributed by atoms with E-state index in [0.29, 0.717) is 19.5 Å². The predicted octanol–water partition coefficient (Wildman–Crippen LogP) is 3.21. The van der Waals surface area contributed by atoms with Crippen LogP contribution in [0.1, 0.15) is 30.9 Å². The van der Waals surface area contributed by atoms with Gasteiger partial charge in [0.05, 0.1) is 24.5 Å². The summed E-state index contributed by atoms with van der Waals surface area (Å²) in [6.07, 6.45) is 4.64. The predicted molar refractivity (Wildman–Crippen MR) is 121 cm³/mol. The van der Waals surface area contributed by atoms with Crippen molar-refractivity contribution in [2.75, 3.05) is 30.3 Å². The van der Waals surface area contributed by atoms with Crippen LogP contribution in [0.3, 0.4) is 0 Å². The summed E-state index contributed by atoms with van der Waals surface area (Å²) >= 11 is 1.65. The molecule has 1 N–H and O–H groups in total. The van der Waals surface area contributed by atoms with E-state index >= 15 is 0 Å². The van der Waals surface area contributed by atoms with Gasteiger partial charge >= 0.3 is 0 Å². The number of aromatic nitrogens is 4. The minimum absolute atomic E-state index is 0.0201. The largest absolute Gasteiger partial charge is 0.356 e.